The van der Waals surface area contributed by atoms with E-state index in [1.54, 1.807) is 16.5 Å². The van der Waals surface area contributed by atoms with Crippen molar-refractivity contribution in [2.45, 2.75) is 38.8 Å². The third-order valence-electron chi connectivity index (χ3n) is 4.00. The second kappa shape index (κ2) is 6.26. The minimum absolute atomic E-state index is 0.0153. The molecule has 1 aromatic rings. The van der Waals surface area contributed by atoms with Crippen molar-refractivity contribution in [3.8, 4) is 0 Å². The molecule has 0 saturated heterocycles. The molecule has 2 rings (SSSR count). The van der Waals surface area contributed by atoms with Crippen molar-refractivity contribution in [2.24, 2.45) is 11.7 Å². The lowest BCUT2D eigenvalue weighted by molar-refractivity contribution is -0.384. The number of nitrogens with two attached hydrogens (primary N) is 1. The summed E-state index contributed by atoms with van der Waals surface area (Å²) >= 11 is 0. The Balaban J connectivity index is 2.25. The molecule has 2 N–H and O–H groups in total. The summed E-state index contributed by atoms with van der Waals surface area (Å²) in [5, 5.41) is 10.9. The third-order valence-corrected chi connectivity index (χ3v) is 4.00. The highest BCUT2D eigenvalue weighted by molar-refractivity contribution is 5.93. The molecule has 7 nitrogen and oxygen atoms in total. The largest absolute Gasteiger partial charge is 0.337 e. The topological polar surface area (TPSA) is 94.4 Å². The maximum Gasteiger partial charge on any atom is 0.287 e. The van der Waals surface area contributed by atoms with Crippen molar-refractivity contribution in [3.63, 3.8) is 0 Å². The number of hydrogen-bond donors (Lipinski definition) is 1. The minimum Gasteiger partial charge on any atom is -0.337 e. The van der Waals surface area contributed by atoms with E-state index in [-0.39, 0.29) is 17.6 Å². The molecule has 1 aliphatic rings. The molecular formula is C14H22N4O3. The van der Waals surface area contributed by atoms with Crippen LogP contribution < -0.4 is 5.73 Å². The van der Waals surface area contributed by atoms with Crippen molar-refractivity contribution < 1.29 is 9.72 Å². The van der Waals surface area contributed by atoms with Gasteiger partial charge in [0.2, 0.25) is 0 Å². The van der Waals surface area contributed by atoms with E-state index in [4.69, 9.17) is 5.73 Å². The van der Waals surface area contributed by atoms with Crippen LogP contribution in [0.4, 0.5) is 5.69 Å². The minimum atomic E-state index is -0.468. The highest BCUT2D eigenvalue weighted by Crippen LogP contribution is 2.35. The van der Waals surface area contributed by atoms with E-state index in [1.807, 2.05) is 6.92 Å². The van der Waals surface area contributed by atoms with Crippen LogP contribution in [-0.4, -0.2) is 39.9 Å². The van der Waals surface area contributed by atoms with Crippen LogP contribution >= 0.6 is 0 Å². The number of amides is 1. The molecule has 0 bridgehead atoms. The van der Waals surface area contributed by atoms with Crippen molar-refractivity contribution in [1.29, 1.82) is 0 Å². The molecule has 0 radical (unpaired) electrons. The highest BCUT2D eigenvalue weighted by atomic mass is 16.6. The summed E-state index contributed by atoms with van der Waals surface area (Å²) in [5.74, 6) is 0.271. The lowest BCUT2D eigenvalue weighted by Gasteiger charge is -2.27. The molecule has 0 aromatic carbocycles. The first-order valence-electron chi connectivity index (χ1n) is 7.31. The lowest BCUT2D eigenvalue weighted by atomic mass is 10.1. The van der Waals surface area contributed by atoms with Gasteiger partial charge in [0.05, 0.1) is 11.1 Å². The van der Waals surface area contributed by atoms with Gasteiger partial charge in [-0.25, -0.2) is 0 Å². The smallest absolute Gasteiger partial charge is 0.287 e. The summed E-state index contributed by atoms with van der Waals surface area (Å²) in [6.07, 6.45) is 4.42. The summed E-state index contributed by atoms with van der Waals surface area (Å²) < 4.78 is 1.66. The molecule has 1 unspecified atom stereocenters. The molecule has 0 spiro atoms. The number of carbonyl (C=O) groups is 1. The summed E-state index contributed by atoms with van der Waals surface area (Å²) in [4.78, 5) is 24.7. The third kappa shape index (κ3) is 3.24. The van der Waals surface area contributed by atoms with Gasteiger partial charge >= 0.3 is 0 Å². The van der Waals surface area contributed by atoms with Crippen LogP contribution in [0, 0.1) is 16.0 Å². The van der Waals surface area contributed by atoms with E-state index in [0.29, 0.717) is 24.7 Å². The Morgan fingerprint density at radius 1 is 1.62 bits per heavy atom. The van der Waals surface area contributed by atoms with E-state index in [0.717, 1.165) is 19.3 Å². The van der Waals surface area contributed by atoms with Crippen molar-refractivity contribution in [2.75, 3.05) is 13.6 Å². The molecule has 1 fully saturated rings. The van der Waals surface area contributed by atoms with E-state index >= 15 is 0 Å². The van der Waals surface area contributed by atoms with Crippen LogP contribution in [0.25, 0.3) is 0 Å². The quantitative estimate of drug-likeness (QED) is 0.610. The Hall–Kier alpha value is -1.89. The zero-order valence-electron chi connectivity index (χ0n) is 12.5. The molecule has 7 heteroatoms. The maximum atomic E-state index is 12.6. The van der Waals surface area contributed by atoms with Crippen LogP contribution in [0.3, 0.4) is 0 Å². The van der Waals surface area contributed by atoms with Gasteiger partial charge in [0.1, 0.15) is 5.69 Å². The van der Waals surface area contributed by atoms with Crippen LogP contribution in [0.2, 0.25) is 0 Å². The Morgan fingerprint density at radius 3 is 2.76 bits per heavy atom. The van der Waals surface area contributed by atoms with Crippen LogP contribution in [0.1, 0.15) is 36.7 Å². The normalized spacial score (nSPS) is 15.8. The molecule has 1 atom stereocenters. The first-order valence-corrected chi connectivity index (χ1v) is 7.31. The zero-order valence-corrected chi connectivity index (χ0v) is 12.5. The fourth-order valence-corrected chi connectivity index (χ4v) is 2.68. The Morgan fingerprint density at radius 2 is 2.29 bits per heavy atom. The number of nitrogens with zero attached hydrogens (tertiary/aromatic N) is 3. The number of aryl methyl sites for hydroxylation is 1. The fourth-order valence-electron chi connectivity index (χ4n) is 2.68. The number of rotatable bonds is 7. The average molecular weight is 294 g/mol. The van der Waals surface area contributed by atoms with Crippen LogP contribution in [0.5, 0.6) is 0 Å². The predicted octanol–water partition coefficient (Wildman–Crippen LogP) is 1.62. The van der Waals surface area contributed by atoms with Gasteiger partial charge in [0.15, 0.2) is 0 Å². The van der Waals surface area contributed by atoms with E-state index in [9.17, 15) is 14.9 Å². The first kappa shape index (κ1) is 15.5. The molecular weight excluding hydrogens is 272 g/mol. The van der Waals surface area contributed by atoms with Gasteiger partial charge in [-0.3, -0.25) is 14.9 Å². The van der Waals surface area contributed by atoms with Gasteiger partial charge in [-0.15, -0.1) is 0 Å². The highest BCUT2D eigenvalue weighted by Gasteiger charge is 2.36. The second-order valence-electron chi connectivity index (χ2n) is 5.59. The Kier molecular flexibility index (Phi) is 4.62. The predicted molar refractivity (Wildman–Crippen MR) is 79.0 cm³/mol. The van der Waals surface area contributed by atoms with Gasteiger partial charge in [0.25, 0.3) is 11.6 Å². The summed E-state index contributed by atoms with van der Waals surface area (Å²) in [6, 6.07) is 1.37. The van der Waals surface area contributed by atoms with Crippen LogP contribution in [-0.2, 0) is 6.54 Å². The van der Waals surface area contributed by atoms with Gasteiger partial charge in [-0.2, -0.15) is 0 Å². The summed E-state index contributed by atoms with van der Waals surface area (Å²) in [7, 11) is 1.73. The monoisotopic (exact) mass is 294 g/mol. The standard InChI is InChI=1S/C14H22N4O3/c1-3-6-17-9-11(18(20)21)7-12(17)14(19)16(2)13(8-15)10-4-5-10/h7,9-10,13H,3-6,8,15H2,1-2H3. The number of aromatic nitrogens is 1. The molecule has 1 heterocycles. The molecule has 21 heavy (non-hydrogen) atoms. The number of likely N-dealkylation sites (N-methyl/N-ethyl adjacent to an activating group) is 1. The van der Waals surface area contributed by atoms with Crippen molar-refractivity contribution in [3.05, 3.63) is 28.1 Å². The summed E-state index contributed by atoms with van der Waals surface area (Å²) in [5.41, 5.74) is 6.09. The first-order chi connectivity index (χ1) is 9.99. The second-order valence-corrected chi connectivity index (χ2v) is 5.59. The van der Waals surface area contributed by atoms with Crippen molar-refractivity contribution in [1.82, 2.24) is 9.47 Å². The molecule has 116 valence electrons. The molecule has 1 aromatic heterocycles. The molecule has 1 saturated carbocycles. The molecule has 1 amide bonds. The molecule has 1 aliphatic carbocycles. The summed E-state index contributed by atoms with van der Waals surface area (Å²) in [6.45, 7) is 2.97. The van der Waals surface area contributed by atoms with Crippen molar-refractivity contribution >= 4 is 11.6 Å². The zero-order chi connectivity index (χ0) is 15.6. The SMILES string of the molecule is CCCn1cc([N+](=O)[O-])cc1C(=O)N(C)C(CN)C1CC1. The molecule has 0 aliphatic heterocycles. The van der Waals surface area contributed by atoms with E-state index in [2.05, 4.69) is 0 Å². The lowest BCUT2D eigenvalue weighted by Crippen LogP contribution is -2.43. The number of hydrogen-bond acceptors (Lipinski definition) is 4. The number of carbonyl (C=O) groups excluding carboxylic acids is 1. The Bertz CT molecular complexity index is 536. The van der Waals surface area contributed by atoms with E-state index < -0.39 is 4.92 Å². The maximum absolute atomic E-state index is 12.6. The number of nitro groups is 1. The van der Waals surface area contributed by atoms with Gasteiger partial charge in [-0.05, 0) is 25.2 Å². The average Bonchev–Trinajstić information content (AvgIpc) is 3.18. The van der Waals surface area contributed by atoms with Gasteiger partial charge in [-0.1, -0.05) is 6.92 Å². The van der Waals surface area contributed by atoms with Gasteiger partial charge < -0.3 is 15.2 Å². The fraction of sp³-hybridized carbons (Fsp3) is 0.643. The van der Waals surface area contributed by atoms with Crippen LogP contribution in [0.15, 0.2) is 12.3 Å². The Labute approximate surface area is 123 Å². The van der Waals surface area contributed by atoms with Gasteiger partial charge in [0, 0.05) is 32.2 Å². The van der Waals surface area contributed by atoms with E-state index in [1.165, 1.54) is 12.3 Å².